The highest BCUT2D eigenvalue weighted by Gasteiger charge is 2.20. The molecule has 1 aliphatic rings. The Labute approximate surface area is 109 Å². The summed E-state index contributed by atoms with van der Waals surface area (Å²) in [5, 5.41) is 8.00. The number of anilines is 1. The maximum absolute atomic E-state index is 13.7. The van der Waals surface area contributed by atoms with Crippen molar-refractivity contribution in [2.75, 3.05) is 5.73 Å². The Balaban J connectivity index is 1.98. The van der Waals surface area contributed by atoms with Crippen LogP contribution < -0.4 is 5.73 Å². The molecule has 0 fully saturated rings. The predicted molar refractivity (Wildman–Crippen MR) is 67.6 cm³/mol. The first-order valence-electron chi connectivity index (χ1n) is 6.22. The lowest BCUT2D eigenvalue weighted by molar-refractivity contribution is 0.573. The Hall–Kier alpha value is -2.04. The number of nitrogens with zero attached hydrogens (tertiary/aromatic N) is 2. The van der Waals surface area contributed by atoms with Gasteiger partial charge in [-0.1, -0.05) is 6.07 Å². The Morgan fingerprint density at radius 1 is 1.11 bits per heavy atom. The molecule has 0 saturated carbocycles. The van der Waals surface area contributed by atoms with Crippen molar-refractivity contribution in [2.45, 2.75) is 25.7 Å². The molecule has 0 saturated heterocycles. The van der Waals surface area contributed by atoms with Crippen molar-refractivity contribution >= 4 is 5.82 Å². The second-order valence-corrected chi connectivity index (χ2v) is 4.76. The fourth-order valence-corrected chi connectivity index (χ4v) is 2.57. The first-order chi connectivity index (χ1) is 9.15. The van der Waals surface area contributed by atoms with E-state index in [0.717, 1.165) is 42.1 Å². The molecule has 98 valence electrons. The van der Waals surface area contributed by atoms with Crippen LogP contribution in [-0.4, -0.2) is 10.2 Å². The van der Waals surface area contributed by atoms with Gasteiger partial charge >= 0.3 is 0 Å². The van der Waals surface area contributed by atoms with Crippen LogP contribution in [0.5, 0.6) is 0 Å². The number of aromatic nitrogens is 2. The van der Waals surface area contributed by atoms with Crippen LogP contribution in [0.25, 0.3) is 0 Å². The maximum Gasteiger partial charge on any atom is 0.149 e. The van der Waals surface area contributed by atoms with Gasteiger partial charge < -0.3 is 5.73 Å². The molecule has 1 aliphatic carbocycles. The van der Waals surface area contributed by atoms with E-state index in [1.54, 1.807) is 0 Å². The minimum Gasteiger partial charge on any atom is -0.382 e. The second-order valence-electron chi connectivity index (χ2n) is 4.76. The first kappa shape index (κ1) is 12.0. The predicted octanol–water partition coefficient (Wildman–Crippen LogP) is 2.42. The lowest BCUT2D eigenvalue weighted by Gasteiger charge is -2.09. The largest absolute Gasteiger partial charge is 0.382 e. The lowest BCUT2D eigenvalue weighted by Crippen LogP contribution is -2.07. The molecule has 0 amide bonds. The van der Waals surface area contributed by atoms with Crippen molar-refractivity contribution in [3.05, 3.63) is 52.2 Å². The van der Waals surface area contributed by atoms with E-state index in [-0.39, 0.29) is 0 Å². The highest BCUT2D eigenvalue weighted by atomic mass is 19.1. The fourth-order valence-electron chi connectivity index (χ4n) is 2.57. The number of nitrogen functional groups attached to an aromatic ring is 1. The van der Waals surface area contributed by atoms with Gasteiger partial charge in [0.15, 0.2) is 0 Å². The summed E-state index contributed by atoms with van der Waals surface area (Å²) in [6.07, 6.45) is 3.14. The van der Waals surface area contributed by atoms with E-state index in [1.807, 2.05) is 0 Å². The molecule has 5 heteroatoms. The van der Waals surface area contributed by atoms with Crippen LogP contribution in [0.3, 0.4) is 0 Å². The minimum atomic E-state index is -0.574. The van der Waals surface area contributed by atoms with Crippen LogP contribution in [0.1, 0.15) is 28.8 Å². The molecule has 0 atom stereocenters. The lowest BCUT2D eigenvalue weighted by atomic mass is 10.0. The third-order valence-electron chi connectivity index (χ3n) is 3.53. The number of rotatable bonds is 2. The molecule has 2 N–H and O–H groups in total. The molecule has 1 aromatic heterocycles. The number of benzene rings is 1. The van der Waals surface area contributed by atoms with E-state index in [0.29, 0.717) is 17.8 Å². The minimum absolute atomic E-state index is 0.321. The SMILES string of the molecule is Nc1nnc(Cc2ccc(F)cc2F)c2c1CCC2. The molecule has 3 rings (SSSR count). The molecule has 19 heavy (non-hydrogen) atoms. The van der Waals surface area contributed by atoms with E-state index >= 15 is 0 Å². The molecule has 3 nitrogen and oxygen atoms in total. The average Bonchev–Trinajstić information content (AvgIpc) is 2.86. The number of hydrogen-bond acceptors (Lipinski definition) is 3. The Kier molecular flexibility index (Phi) is 2.89. The van der Waals surface area contributed by atoms with Crippen LogP contribution in [0.2, 0.25) is 0 Å². The number of nitrogens with two attached hydrogens (primary N) is 1. The Morgan fingerprint density at radius 2 is 1.89 bits per heavy atom. The molecule has 0 unspecified atom stereocenters. The third-order valence-corrected chi connectivity index (χ3v) is 3.53. The van der Waals surface area contributed by atoms with E-state index in [2.05, 4.69) is 10.2 Å². The van der Waals surface area contributed by atoms with Gasteiger partial charge in [0.05, 0.1) is 5.69 Å². The number of hydrogen-bond donors (Lipinski definition) is 1. The monoisotopic (exact) mass is 261 g/mol. The fraction of sp³-hybridized carbons (Fsp3) is 0.286. The topological polar surface area (TPSA) is 51.8 Å². The molecule has 1 heterocycles. The van der Waals surface area contributed by atoms with Crippen LogP contribution in [0, 0.1) is 11.6 Å². The first-order valence-corrected chi connectivity index (χ1v) is 6.22. The smallest absolute Gasteiger partial charge is 0.149 e. The highest BCUT2D eigenvalue weighted by Crippen LogP contribution is 2.28. The highest BCUT2D eigenvalue weighted by molar-refractivity contribution is 5.48. The van der Waals surface area contributed by atoms with Gasteiger partial charge in [-0.2, -0.15) is 5.10 Å². The van der Waals surface area contributed by atoms with Crippen molar-refractivity contribution < 1.29 is 8.78 Å². The third kappa shape index (κ3) is 2.16. The van der Waals surface area contributed by atoms with Crippen LogP contribution in [0.4, 0.5) is 14.6 Å². The van der Waals surface area contributed by atoms with Crippen molar-refractivity contribution in [1.82, 2.24) is 10.2 Å². The van der Waals surface area contributed by atoms with Crippen molar-refractivity contribution in [3.63, 3.8) is 0 Å². The molecule has 0 bridgehead atoms. The molecule has 0 aliphatic heterocycles. The zero-order chi connectivity index (χ0) is 13.4. The maximum atomic E-state index is 13.7. The molecule has 1 aromatic carbocycles. The van der Waals surface area contributed by atoms with E-state index < -0.39 is 11.6 Å². The second kappa shape index (κ2) is 4.57. The molecular formula is C14H13F2N3. The number of fused-ring (bicyclic) bond motifs is 1. The molecular weight excluding hydrogens is 248 g/mol. The normalized spacial score (nSPS) is 13.6. The molecule has 0 spiro atoms. The zero-order valence-corrected chi connectivity index (χ0v) is 10.3. The quantitative estimate of drug-likeness (QED) is 0.903. The molecule has 2 aromatic rings. The summed E-state index contributed by atoms with van der Waals surface area (Å²) in [7, 11) is 0. The summed E-state index contributed by atoms with van der Waals surface area (Å²) in [6, 6.07) is 3.59. The van der Waals surface area contributed by atoms with Crippen LogP contribution in [0.15, 0.2) is 18.2 Å². The van der Waals surface area contributed by atoms with Gasteiger partial charge in [0.25, 0.3) is 0 Å². The van der Waals surface area contributed by atoms with Gasteiger partial charge in [-0.25, -0.2) is 8.78 Å². The zero-order valence-electron chi connectivity index (χ0n) is 10.3. The van der Waals surface area contributed by atoms with Crippen molar-refractivity contribution in [1.29, 1.82) is 0 Å². The summed E-state index contributed by atoms with van der Waals surface area (Å²) >= 11 is 0. The Bertz CT molecular complexity index is 641. The number of halogens is 2. The van der Waals surface area contributed by atoms with E-state index in [1.165, 1.54) is 12.1 Å². The van der Waals surface area contributed by atoms with Gasteiger partial charge in [-0.3, -0.25) is 0 Å². The van der Waals surface area contributed by atoms with E-state index in [4.69, 9.17) is 5.73 Å². The summed E-state index contributed by atoms with van der Waals surface area (Å²) < 4.78 is 26.5. The van der Waals surface area contributed by atoms with Crippen molar-refractivity contribution in [3.8, 4) is 0 Å². The summed E-state index contributed by atoms with van der Waals surface area (Å²) in [4.78, 5) is 0. The van der Waals surface area contributed by atoms with Gasteiger partial charge in [0.2, 0.25) is 0 Å². The average molecular weight is 261 g/mol. The van der Waals surface area contributed by atoms with Crippen molar-refractivity contribution in [2.24, 2.45) is 0 Å². The molecule has 0 radical (unpaired) electrons. The van der Waals surface area contributed by atoms with Gasteiger partial charge in [0, 0.05) is 18.1 Å². The van der Waals surface area contributed by atoms with Crippen LogP contribution >= 0.6 is 0 Å². The van der Waals surface area contributed by atoms with Crippen LogP contribution in [-0.2, 0) is 19.3 Å². The Morgan fingerprint density at radius 3 is 2.68 bits per heavy atom. The van der Waals surface area contributed by atoms with Gasteiger partial charge in [0.1, 0.15) is 17.5 Å². The summed E-state index contributed by atoms with van der Waals surface area (Å²) in [5.41, 5.74) is 9.07. The summed E-state index contributed by atoms with van der Waals surface area (Å²) in [5.74, 6) is -0.656. The van der Waals surface area contributed by atoms with E-state index in [9.17, 15) is 8.78 Å². The standard InChI is InChI=1S/C14H13F2N3/c15-9-5-4-8(12(16)7-9)6-13-10-2-1-3-11(10)14(17)19-18-13/h4-5,7H,1-3,6H2,(H2,17,19). The summed E-state index contributed by atoms with van der Waals surface area (Å²) in [6.45, 7) is 0. The van der Waals surface area contributed by atoms with Gasteiger partial charge in [-0.05, 0) is 36.5 Å². The van der Waals surface area contributed by atoms with Gasteiger partial charge in [-0.15, -0.1) is 5.10 Å².